The van der Waals surface area contributed by atoms with Crippen molar-refractivity contribution >= 4 is 5.91 Å². The highest BCUT2D eigenvalue weighted by Crippen LogP contribution is 2.19. The van der Waals surface area contributed by atoms with Gasteiger partial charge in [0, 0.05) is 18.8 Å². The summed E-state index contributed by atoms with van der Waals surface area (Å²) in [5.74, 6) is 0.632. The van der Waals surface area contributed by atoms with E-state index in [1.54, 1.807) is 44.4 Å². The molecule has 6 nitrogen and oxygen atoms in total. The maximum absolute atomic E-state index is 12.2. The van der Waals surface area contributed by atoms with E-state index < -0.39 is 18.9 Å². The number of nitrogens with zero attached hydrogens (tertiary/aromatic N) is 1. The monoisotopic (exact) mass is 384 g/mol. The Morgan fingerprint density at radius 3 is 2.48 bits per heavy atom. The number of carbonyl (C=O) groups excluding carboxylic acids is 1. The van der Waals surface area contributed by atoms with E-state index >= 15 is 0 Å². The molecule has 1 aromatic heterocycles. The van der Waals surface area contributed by atoms with Gasteiger partial charge in [0.15, 0.2) is 12.7 Å². The lowest BCUT2D eigenvalue weighted by molar-refractivity contribution is -0.154. The van der Waals surface area contributed by atoms with Gasteiger partial charge in [-0.1, -0.05) is 0 Å². The standard InChI is InChI=1S/C18H19F3N2O4/c1-12(27-15-5-3-14(25-2)4-6-15)17(24)23-10-13-7-8-22-16(9-13)26-11-18(19,20)21/h3-9,12H,10-11H2,1-2H3,(H,23,24). The van der Waals surface area contributed by atoms with Crippen LogP contribution in [0.5, 0.6) is 17.4 Å². The van der Waals surface area contributed by atoms with Crippen LogP contribution < -0.4 is 19.5 Å². The highest BCUT2D eigenvalue weighted by atomic mass is 19.4. The highest BCUT2D eigenvalue weighted by Gasteiger charge is 2.28. The van der Waals surface area contributed by atoms with Crippen molar-refractivity contribution in [3.05, 3.63) is 48.2 Å². The third-order valence-electron chi connectivity index (χ3n) is 3.39. The number of methoxy groups -OCH3 is 1. The van der Waals surface area contributed by atoms with Gasteiger partial charge in [-0.2, -0.15) is 13.2 Å². The quantitative estimate of drug-likeness (QED) is 0.757. The molecular formula is C18H19F3N2O4. The van der Waals surface area contributed by atoms with Gasteiger partial charge >= 0.3 is 6.18 Å². The third kappa shape index (κ3) is 7.04. The Labute approximate surface area is 154 Å². The predicted molar refractivity (Wildman–Crippen MR) is 90.7 cm³/mol. The Bertz CT molecular complexity index is 751. The zero-order valence-corrected chi connectivity index (χ0v) is 14.7. The summed E-state index contributed by atoms with van der Waals surface area (Å²) >= 11 is 0. The van der Waals surface area contributed by atoms with Crippen LogP contribution in [-0.2, 0) is 11.3 Å². The normalized spacial score (nSPS) is 12.2. The van der Waals surface area contributed by atoms with Crippen molar-refractivity contribution in [1.82, 2.24) is 10.3 Å². The Morgan fingerprint density at radius 2 is 1.85 bits per heavy atom. The molecule has 2 aromatic rings. The molecule has 1 N–H and O–H groups in total. The lowest BCUT2D eigenvalue weighted by atomic mass is 10.2. The molecule has 0 radical (unpaired) electrons. The molecular weight excluding hydrogens is 365 g/mol. The largest absolute Gasteiger partial charge is 0.497 e. The molecule has 2 rings (SSSR count). The fourth-order valence-corrected chi connectivity index (χ4v) is 2.04. The topological polar surface area (TPSA) is 69.7 Å². The Balaban J connectivity index is 1.85. The molecule has 0 fully saturated rings. The molecule has 0 bridgehead atoms. The molecule has 0 aliphatic carbocycles. The number of amides is 1. The molecule has 1 amide bonds. The van der Waals surface area contributed by atoms with Gasteiger partial charge in [0.05, 0.1) is 7.11 Å². The number of alkyl halides is 3. The minimum atomic E-state index is -4.44. The Kier molecular flexibility index (Phi) is 6.86. The zero-order valence-electron chi connectivity index (χ0n) is 14.7. The number of nitrogens with one attached hydrogen (secondary N) is 1. The molecule has 1 unspecified atom stereocenters. The number of halogens is 3. The molecule has 1 heterocycles. The van der Waals surface area contributed by atoms with E-state index in [9.17, 15) is 18.0 Å². The second-order valence-electron chi connectivity index (χ2n) is 5.56. The molecule has 0 aliphatic rings. The molecule has 9 heteroatoms. The highest BCUT2D eigenvalue weighted by molar-refractivity contribution is 5.80. The minimum Gasteiger partial charge on any atom is -0.497 e. The zero-order chi connectivity index (χ0) is 19.9. The number of aromatic nitrogens is 1. The van der Waals surface area contributed by atoms with Crippen LogP contribution in [0.4, 0.5) is 13.2 Å². The van der Waals surface area contributed by atoms with Crippen molar-refractivity contribution in [3.63, 3.8) is 0 Å². The summed E-state index contributed by atoms with van der Waals surface area (Å²) in [7, 11) is 1.55. The van der Waals surface area contributed by atoms with Crippen LogP contribution in [0.25, 0.3) is 0 Å². The van der Waals surface area contributed by atoms with Crippen LogP contribution in [0, 0.1) is 0 Å². The Hall–Kier alpha value is -2.97. The van der Waals surface area contributed by atoms with Crippen LogP contribution >= 0.6 is 0 Å². The summed E-state index contributed by atoms with van der Waals surface area (Å²) in [4.78, 5) is 15.8. The third-order valence-corrected chi connectivity index (χ3v) is 3.39. The van der Waals surface area contributed by atoms with E-state index in [4.69, 9.17) is 9.47 Å². The number of carbonyl (C=O) groups is 1. The van der Waals surface area contributed by atoms with Gasteiger partial charge in [-0.25, -0.2) is 4.98 Å². The van der Waals surface area contributed by atoms with E-state index in [0.29, 0.717) is 17.1 Å². The van der Waals surface area contributed by atoms with E-state index in [1.165, 1.54) is 12.3 Å². The molecule has 1 atom stereocenters. The number of benzene rings is 1. The fourth-order valence-electron chi connectivity index (χ4n) is 2.04. The van der Waals surface area contributed by atoms with Gasteiger partial charge in [0.2, 0.25) is 5.88 Å². The van der Waals surface area contributed by atoms with Gasteiger partial charge < -0.3 is 19.5 Å². The van der Waals surface area contributed by atoms with Crippen LogP contribution in [-0.4, -0.2) is 36.9 Å². The van der Waals surface area contributed by atoms with Crippen molar-refractivity contribution in [2.45, 2.75) is 25.7 Å². The SMILES string of the molecule is COc1ccc(OC(C)C(=O)NCc2ccnc(OCC(F)(F)F)c2)cc1. The van der Waals surface area contributed by atoms with Crippen LogP contribution in [0.1, 0.15) is 12.5 Å². The maximum Gasteiger partial charge on any atom is 0.422 e. The molecule has 27 heavy (non-hydrogen) atoms. The van der Waals surface area contributed by atoms with Crippen molar-refractivity contribution in [3.8, 4) is 17.4 Å². The number of ether oxygens (including phenoxy) is 3. The summed E-state index contributed by atoms with van der Waals surface area (Å²) in [5.41, 5.74) is 0.548. The number of rotatable bonds is 8. The van der Waals surface area contributed by atoms with Crippen LogP contribution in [0.2, 0.25) is 0 Å². The summed E-state index contributed by atoms with van der Waals surface area (Å²) in [6.07, 6.45) is -3.90. The Morgan fingerprint density at radius 1 is 1.19 bits per heavy atom. The van der Waals surface area contributed by atoms with Crippen molar-refractivity contribution in [1.29, 1.82) is 0 Å². The van der Waals surface area contributed by atoms with Crippen molar-refractivity contribution in [2.75, 3.05) is 13.7 Å². The predicted octanol–water partition coefficient (Wildman–Crippen LogP) is 3.12. The molecule has 0 spiro atoms. The lowest BCUT2D eigenvalue weighted by Gasteiger charge is -2.15. The minimum absolute atomic E-state index is 0.0973. The van der Waals surface area contributed by atoms with E-state index in [0.717, 1.165) is 0 Å². The van der Waals surface area contributed by atoms with Crippen molar-refractivity contribution in [2.24, 2.45) is 0 Å². The molecule has 0 aliphatic heterocycles. The van der Waals surface area contributed by atoms with Gasteiger partial charge in [0.1, 0.15) is 11.5 Å². The first-order valence-corrected chi connectivity index (χ1v) is 8.00. The first-order valence-electron chi connectivity index (χ1n) is 8.00. The fraction of sp³-hybridized carbons (Fsp3) is 0.333. The van der Waals surface area contributed by atoms with E-state index in [1.807, 2.05) is 0 Å². The molecule has 0 saturated carbocycles. The first kappa shape index (κ1) is 20.3. The average molecular weight is 384 g/mol. The van der Waals surface area contributed by atoms with Crippen molar-refractivity contribution < 1.29 is 32.2 Å². The summed E-state index contributed by atoms with van der Waals surface area (Å²) in [5, 5.41) is 2.65. The van der Waals surface area contributed by atoms with Gasteiger partial charge in [-0.05, 0) is 42.8 Å². The van der Waals surface area contributed by atoms with Gasteiger partial charge in [0.25, 0.3) is 5.91 Å². The maximum atomic E-state index is 12.2. The lowest BCUT2D eigenvalue weighted by Crippen LogP contribution is -2.35. The van der Waals surface area contributed by atoms with Gasteiger partial charge in [-0.3, -0.25) is 4.79 Å². The summed E-state index contributed by atoms with van der Waals surface area (Å²) < 4.78 is 51.7. The van der Waals surface area contributed by atoms with E-state index in [2.05, 4.69) is 15.0 Å². The van der Waals surface area contributed by atoms with Crippen LogP contribution in [0.15, 0.2) is 42.6 Å². The average Bonchev–Trinajstić information content (AvgIpc) is 2.65. The van der Waals surface area contributed by atoms with E-state index in [-0.39, 0.29) is 18.3 Å². The molecule has 0 saturated heterocycles. The number of hydrogen-bond acceptors (Lipinski definition) is 5. The first-order chi connectivity index (χ1) is 12.8. The number of pyridine rings is 1. The number of hydrogen-bond donors (Lipinski definition) is 1. The smallest absolute Gasteiger partial charge is 0.422 e. The van der Waals surface area contributed by atoms with Crippen LogP contribution in [0.3, 0.4) is 0 Å². The second kappa shape index (κ2) is 9.11. The van der Waals surface area contributed by atoms with Gasteiger partial charge in [-0.15, -0.1) is 0 Å². The molecule has 1 aromatic carbocycles. The summed E-state index contributed by atoms with van der Waals surface area (Å²) in [6.45, 7) is 0.257. The molecule has 146 valence electrons. The second-order valence-corrected chi connectivity index (χ2v) is 5.56. The summed E-state index contributed by atoms with van der Waals surface area (Å²) in [6, 6.07) is 9.67.